The Morgan fingerprint density at radius 1 is 1.06 bits per heavy atom. The summed E-state index contributed by atoms with van der Waals surface area (Å²) in [6.07, 6.45) is 10.5. The third-order valence-corrected chi connectivity index (χ3v) is 11.7. The van der Waals surface area contributed by atoms with Gasteiger partial charge in [-0.1, -0.05) is 20.8 Å². The Bertz CT molecular complexity index is 792. The van der Waals surface area contributed by atoms with Crippen molar-refractivity contribution in [3.63, 3.8) is 0 Å². The second-order valence-electron chi connectivity index (χ2n) is 13.9. The first-order valence-corrected chi connectivity index (χ1v) is 17.6. The number of methoxy groups -OCH3 is 1. The van der Waals surface area contributed by atoms with Crippen LogP contribution < -0.4 is 0 Å². The summed E-state index contributed by atoms with van der Waals surface area (Å²) in [5, 5.41) is 0. The molecule has 6 heteroatoms. The van der Waals surface area contributed by atoms with E-state index in [2.05, 4.69) is 40.4 Å². The number of Topliss-reactive ketones (excluding diaryl/α,β-unsaturated/α-hetero) is 1. The fraction of sp³-hybridized carbons (Fsp3) is 0.931. The van der Waals surface area contributed by atoms with Gasteiger partial charge in [0.15, 0.2) is 0 Å². The largest absolute Gasteiger partial charge is 0.520 e. The van der Waals surface area contributed by atoms with Crippen molar-refractivity contribution < 1.29 is 23.5 Å². The molecule has 4 rings (SSSR count). The van der Waals surface area contributed by atoms with E-state index in [1.54, 1.807) is 7.11 Å². The highest BCUT2D eigenvalue weighted by Crippen LogP contribution is 2.67. The van der Waals surface area contributed by atoms with Gasteiger partial charge in [-0.05, 0) is 111 Å². The topological polar surface area (TPSA) is 61.8 Å². The van der Waals surface area contributed by atoms with Gasteiger partial charge in [0.1, 0.15) is 12.6 Å². The minimum absolute atomic E-state index is 0.0223. The van der Waals surface area contributed by atoms with E-state index in [1.807, 2.05) is 0 Å². The van der Waals surface area contributed by atoms with E-state index < -0.39 is 8.32 Å². The minimum atomic E-state index is -1.83. The van der Waals surface area contributed by atoms with Crippen LogP contribution >= 0.6 is 0 Å². The summed E-state index contributed by atoms with van der Waals surface area (Å²) in [7, 11) is -0.152. The second-order valence-corrected chi connectivity index (χ2v) is 18.3. The summed E-state index contributed by atoms with van der Waals surface area (Å²) in [5.41, 5.74) is 0.484. The van der Waals surface area contributed by atoms with Gasteiger partial charge in [0.25, 0.3) is 5.97 Å². The average molecular weight is 507 g/mol. The maximum Gasteiger partial charge on any atom is 0.292 e. The van der Waals surface area contributed by atoms with Gasteiger partial charge < -0.3 is 13.9 Å². The highest BCUT2D eigenvalue weighted by atomic mass is 28.4. The zero-order chi connectivity index (χ0) is 25.6. The Labute approximate surface area is 214 Å². The van der Waals surface area contributed by atoms with Gasteiger partial charge in [-0.25, -0.2) is 0 Å². The number of hydrogen-bond donors (Lipinski definition) is 0. The molecule has 0 heterocycles. The molecule has 0 spiro atoms. The van der Waals surface area contributed by atoms with Gasteiger partial charge in [-0.15, -0.1) is 0 Å². The molecule has 4 aliphatic carbocycles. The standard InChI is InChI=1S/C29H50O5Si/c1-19(8-11-26(31)34-35(5,6)7)22-9-10-23-27-24(13-15-29(22,23)3)28(2)14-12-21(33-18-32-4)16-20(28)17-25(27)30/h19-24,27H,8-18H2,1-7H3/t19-,20+,21-,22-,23+,24+,27+,28+,29-/m1/s1. The predicted molar refractivity (Wildman–Crippen MR) is 140 cm³/mol. The molecule has 0 radical (unpaired) electrons. The maximum atomic E-state index is 13.7. The number of carbonyl (C=O) groups is 2. The van der Waals surface area contributed by atoms with Gasteiger partial charge in [-0.3, -0.25) is 9.59 Å². The van der Waals surface area contributed by atoms with E-state index in [4.69, 9.17) is 13.9 Å². The van der Waals surface area contributed by atoms with E-state index in [1.165, 1.54) is 32.1 Å². The summed E-state index contributed by atoms with van der Waals surface area (Å²) >= 11 is 0. The van der Waals surface area contributed by atoms with Crippen molar-refractivity contribution in [2.45, 2.75) is 111 Å². The summed E-state index contributed by atoms with van der Waals surface area (Å²) in [5.74, 6) is 3.33. The summed E-state index contributed by atoms with van der Waals surface area (Å²) in [6, 6.07) is 0. The van der Waals surface area contributed by atoms with Crippen molar-refractivity contribution in [1.82, 2.24) is 0 Å². The van der Waals surface area contributed by atoms with E-state index in [-0.39, 0.29) is 28.8 Å². The van der Waals surface area contributed by atoms with Crippen molar-refractivity contribution in [3.05, 3.63) is 0 Å². The summed E-state index contributed by atoms with van der Waals surface area (Å²) in [4.78, 5) is 26.1. The summed E-state index contributed by atoms with van der Waals surface area (Å²) < 4.78 is 16.8. The molecular formula is C29H50O5Si. The van der Waals surface area contributed by atoms with Crippen molar-refractivity contribution in [1.29, 1.82) is 0 Å². The van der Waals surface area contributed by atoms with Crippen LogP contribution in [0.5, 0.6) is 0 Å². The van der Waals surface area contributed by atoms with Crippen LogP contribution in [0.4, 0.5) is 0 Å². The van der Waals surface area contributed by atoms with E-state index in [0.29, 0.717) is 48.6 Å². The Kier molecular flexibility index (Phi) is 7.97. The van der Waals surface area contributed by atoms with Gasteiger partial charge >= 0.3 is 0 Å². The van der Waals surface area contributed by atoms with Crippen LogP contribution in [-0.2, 0) is 23.5 Å². The highest BCUT2D eigenvalue weighted by Gasteiger charge is 2.63. The molecule has 4 saturated carbocycles. The third kappa shape index (κ3) is 5.31. The molecule has 0 aliphatic heterocycles. The van der Waals surface area contributed by atoms with Gasteiger partial charge in [-0.2, -0.15) is 0 Å². The second kappa shape index (κ2) is 10.2. The summed E-state index contributed by atoms with van der Waals surface area (Å²) in [6.45, 7) is 13.9. The normalized spacial score (nSPS) is 42.1. The molecule has 4 fully saturated rings. The van der Waals surface area contributed by atoms with Crippen molar-refractivity contribution in [2.75, 3.05) is 13.9 Å². The van der Waals surface area contributed by atoms with E-state index in [0.717, 1.165) is 25.7 Å². The number of fused-ring (bicyclic) bond motifs is 5. The molecule has 0 aromatic rings. The average Bonchev–Trinajstić information content (AvgIpc) is 3.12. The minimum Gasteiger partial charge on any atom is -0.520 e. The zero-order valence-corrected chi connectivity index (χ0v) is 24.4. The fourth-order valence-electron chi connectivity index (χ4n) is 9.12. The lowest BCUT2D eigenvalue weighted by Crippen LogP contribution is -2.57. The number of ether oxygens (including phenoxy) is 2. The maximum absolute atomic E-state index is 13.7. The van der Waals surface area contributed by atoms with Crippen LogP contribution in [0.1, 0.15) is 85.0 Å². The van der Waals surface area contributed by atoms with Gasteiger partial charge in [0.2, 0.25) is 8.32 Å². The lowest BCUT2D eigenvalue weighted by atomic mass is 9.44. The molecule has 0 amide bonds. The quantitative estimate of drug-likeness (QED) is 0.274. The lowest BCUT2D eigenvalue weighted by Gasteiger charge is -2.60. The molecule has 35 heavy (non-hydrogen) atoms. The van der Waals surface area contributed by atoms with Crippen molar-refractivity contribution in [2.24, 2.45) is 46.3 Å². The molecule has 0 N–H and O–H groups in total. The Morgan fingerprint density at radius 3 is 2.43 bits per heavy atom. The number of ketones is 1. The monoisotopic (exact) mass is 506 g/mol. The lowest BCUT2D eigenvalue weighted by molar-refractivity contribution is -0.168. The van der Waals surface area contributed by atoms with Gasteiger partial charge in [0, 0.05) is 25.9 Å². The Balaban J connectivity index is 1.43. The van der Waals surface area contributed by atoms with Crippen LogP contribution in [0.25, 0.3) is 0 Å². The smallest absolute Gasteiger partial charge is 0.292 e. The van der Waals surface area contributed by atoms with Crippen LogP contribution in [0.3, 0.4) is 0 Å². The van der Waals surface area contributed by atoms with E-state index in [9.17, 15) is 9.59 Å². The molecule has 0 bridgehead atoms. The SMILES string of the molecule is COCO[C@@H]1CC[C@@]2(C)[C@H](CC(=O)[C@@H]3[C@@H]2CC[C@]2(C)[C@@H]([C@H](C)CCC(=O)O[Si](C)(C)C)CC[C@@H]32)C1. The number of hydrogen-bond acceptors (Lipinski definition) is 5. The molecule has 0 unspecified atom stereocenters. The zero-order valence-electron chi connectivity index (χ0n) is 23.4. The van der Waals surface area contributed by atoms with Crippen LogP contribution in [0.2, 0.25) is 19.6 Å². The van der Waals surface area contributed by atoms with Crippen molar-refractivity contribution in [3.8, 4) is 0 Å². The number of rotatable bonds is 8. The molecule has 0 saturated heterocycles. The molecule has 0 aromatic heterocycles. The van der Waals surface area contributed by atoms with Crippen molar-refractivity contribution >= 4 is 20.1 Å². The molecule has 5 nitrogen and oxygen atoms in total. The Hall–Kier alpha value is -0.723. The molecule has 200 valence electrons. The van der Waals surface area contributed by atoms with Crippen LogP contribution in [-0.4, -0.2) is 40.1 Å². The third-order valence-electron chi connectivity index (χ3n) is 10.8. The number of carbonyl (C=O) groups excluding carboxylic acids is 2. The predicted octanol–water partition coefficient (Wildman–Crippen LogP) is 6.61. The van der Waals surface area contributed by atoms with Gasteiger partial charge in [0.05, 0.1) is 6.10 Å². The first-order valence-electron chi connectivity index (χ1n) is 14.2. The van der Waals surface area contributed by atoms with Crippen LogP contribution in [0.15, 0.2) is 0 Å². The Morgan fingerprint density at radius 2 is 1.74 bits per heavy atom. The molecular weight excluding hydrogens is 456 g/mol. The first-order chi connectivity index (χ1) is 16.4. The first kappa shape index (κ1) is 27.3. The van der Waals surface area contributed by atoms with Crippen LogP contribution in [0, 0.1) is 46.3 Å². The molecule has 0 aromatic carbocycles. The highest BCUT2D eigenvalue weighted by molar-refractivity contribution is 6.71. The van der Waals surface area contributed by atoms with E-state index >= 15 is 0 Å². The molecule has 9 atom stereocenters. The molecule has 4 aliphatic rings. The fourth-order valence-corrected chi connectivity index (χ4v) is 9.91.